The zero-order valence-electron chi connectivity index (χ0n) is 15.0. The number of rotatable bonds is 4. The Hall–Kier alpha value is -3.62. The lowest BCUT2D eigenvalue weighted by Crippen LogP contribution is -2.07. The second-order valence-corrected chi connectivity index (χ2v) is 6.91. The number of hydrogen-bond acceptors (Lipinski definition) is 5. The molecule has 2 heterocycles. The molecule has 0 bridgehead atoms. The first-order chi connectivity index (χ1) is 14.0. The topological polar surface area (TPSA) is 81.7 Å². The summed E-state index contributed by atoms with van der Waals surface area (Å²) in [6, 6.07) is 9.23. The van der Waals surface area contributed by atoms with Crippen LogP contribution in [0.4, 0.5) is 24.9 Å². The maximum Gasteiger partial charge on any atom is 0.225 e. The second kappa shape index (κ2) is 6.47. The van der Waals surface area contributed by atoms with Gasteiger partial charge in [0, 0.05) is 17.7 Å². The summed E-state index contributed by atoms with van der Waals surface area (Å²) in [5, 5.41) is 7.85. The number of hydrogen-bond donors (Lipinski definition) is 2. The first kappa shape index (κ1) is 17.5. The van der Waals surface area contributed by atoms with Crippen LogP contribution in [0.3, 0.4) is 0 Å². The Balaban J connectivity index is 1.77. The molecule has 2 aromatic heterocycles. The molecule has 146 valence electrons. The van der Waals surface area contributed by atoms with Crippen molar-refractivity contribution >= 4 is 22.8 Å². The molecule has 0 amide bonds. The van der Waals surface area contributed by atoms with Gasteiger partial charge in [-0.3, -0.25) is 0 Å². The van der Waals surface area contributed by atoms with Crippen molar-refractivity contribution in [1.82, 2.24) is 19.7 Å². The molecule has 6 nitrogen and oxygen atoms in total. The third-order valence-electron chi connectivity index (χ3n) is 4.72. The van der Waals surface area contributed by atoms with Crippen LogP contribution in [0.2, 0.25) is 0 Å². The lowest BCUT2D eigenvalue weighted by Gasteiger charge is -2.09. The summed E-state index contributed by atoms with van der Waals surface area (Å²) < 4.78 is 43.0. The van der Waals surface area contributed by atoms with E-state index in [4.69, 9.17) is 5.73 Å². The molecule has 9 heteroatoms. The number of anilines is 2. The van der Waals surface area contributed by atoms with Gasteiger partial charge in [0.25, 0.3) is 0 Å². The van der Waals surface area contributed by atoms with Gasteiger partial charge in [0.15, 0.2) is 5.65 Å². The zero-order valence-corrected chi connectivity index (χ0v) is 15.0. The monoisotopic (exact) mass is 396 g/mol. The molecule has 4 aromatic rings. The third-order valence-corrected chi connectivity index (χ3v) is 4.72. The van der Waals surface area contributed by atoms with E-state index in [1.807, 2.05) is 0 Å². The van der Waals surface area contributed by atoms with Crippen molar-refractivity contribution in [3.05, 3.63) is 59.9 Å². The molecule has 0 radical (unpaired) electrons. The van der Waals surface area contributed by atoms with Gasteiger partial charge < -0.3 is 11.1 Å². The number of benzene rings is 2. The predicted octanol–water partition coefficient (Wildman–Crippen LogP) is 4.06. The van der Waals surface area contributed by atoms with Crippen LogP contribution in [0.1, 0.15) is 12.8 Å². The van der Waals surface area contributed by atoms with Crippen LogP contribution < -0.4 is 11.1 Å². The van der Waals surface area contributed by atoms with Crippen molar-refractivity contribution in [2.45, 2.75) is 18.9 Å². The Morgan fingerprint density at radius 1 is 1.00 bits per heavy atom. The number of fused-ring (bicyclic) bond motifs is 1. The fourth-order valence-corrected chi connectivity index (χ4v) is 3.17. The van der Waals surface area contributed by atoms with E-state index in [9.17, 15) is 13.2 Å². The third kappa shape index (κ3) is 3.14. The number of nitrogens with two attached hydrogens (primary N) is 1. The summed E-state index contributed by atoms with van der Waals surface area (Å²) in [7, 11) is 0. The SMILES string of the molecule is Nc1c2c(-c3ccc(F)cc3F)nc(NC3CC3)nc2nn1-c1cccc(F)c1. The minimum absolute atomic E-state index is 0.0724. The molecule has 5 rings (SSSR count). The predicted molar refractivity (Wildman–Crippen MR) is 103 cm³/mol. The number of halogens is 3. The molecule has 1 saturated carbocycles. The fraction of sp³-hybridized carbons (Fsp3) is 0.150. The van der Waals surface area contributed by atoms with Crippen molar-refractivity contribution < 1.29 is 13.2 Å². The Kier molecular flexibility index (Phi) is 3.90. The molecule has 1 aliphatic carbocycles. The van der Waals surface area contributed by atoms with Gasteiger partial charge in [-0.2, -0.15) is 4.98 Å². The molecule has 1 fully saturated rings. The zero-order chi connectivity index (χ0) is 20.1. The van der Waals surface area contributed by atoms with Gasteiger partial charge in [-0.1, -0.05) is 6.07 Å². The van der Waals surface area contributed by atoms with Gasteiger partial charge in [0.1, 0.15) is 23.3 Å². The maximum absolute atomic E-state index is 14.5. The highest BCUT2D eigenvalue weighted by Gasteiger charge is 2.25. The molecule has 0 unspecified atom stereocenters. The Morgan fingerprint density at radius 3 is 2.52 bits per heavy atom. The molecule has 0 saturated heterocycles. The van der Waals surface area contributed by atoms with Gasteiger partial charge in [-0.15, -0.1) is 5.10 Å². The van der Waals surface area contributed by atoms with E-state index >= 15 is 0 Å². The molecular formula is C20H15F3N6. The normalized spacial score (nSPS) is 13.8. The van der Waals surface area contributed by atoms with E-state index in [1.165, 1.54) is 28.9 Å². The molecule has 0 aliphatic heterocycles. The van der Waals surface area contributed by atoms with Gasteiger partial charge in [-0.25, -0.2) is 22.8 Å². The van der Waals surface area contributed by atoms with Gasteiger partial charge in [0.2, 0.25) is 5.95 Å². The van der Waals surface area contributed by atoms with Crippen LogP contribution in [-0.4, -0.2) is 25.8 Å². The minimum Gasteiger partial charge on any atom is -0.383 e. The Bertz CT molecular complexity index is 1250. The van der Waals surface area contributed by atoms with Crippen molar-refractivity contribution in [1.29, 1.82) is 0 Å². The number of aromatic nitrogens is 4. The minimum atomic E-state index is -0.778. The van der Waals surface area contributed by atoms with E-state index in [1.54, 1.807) is 6.07 Å². The number of nitrogens with one attached hydrogen (secondary N) is 1. The van der Waals surface area contributed by atoms with E-state index in [-0.39, 0.29) is 34.7 Å². The lowest BCUT2D eigenvalue weighted by molar-refractivity contribution is 0.585. The summed E-state index contributed by atoms with van der Waals surface area (Å²) in [6.07, 6.45) is 1.98. The van der Waals surface area contributed by atoms with E-state index < -0.39 is 17.5 Å². The highest BCUT2D eigenvalue weighted by Crippen LogP contribution is 2.35. The smallest absolute Gasteiger partial charge is 0.225 e. The van der Waals surface area contributed by atoms with Crippen LogP contribution in [0, 0.1) is 17.5 Å². The molecule has 0 spiro atoms. The van der Waals surface area contributed by atoms with Crippen LogP contribution in [0.5, 0.6) is 0 Å². The summed E-state index contributed by atoms with van der Waals surface area (Å²) >= 11 is 0. The first-order valence-corrected chi connectivity index (χ1v) is 9.04. The average molecular weight is 396 g/mol. The van der Waals surface area contributed by atoms with Crippen molar-refractivity contribution in [3.63, 3.8) is 0 Å². The van der Waals surface area contributed by atoms with Crippen LogP contribution in [0.25, 0.3) is 28.0 Å². The first-order valence-electron chi connectivity index (χ1n) is 9.04. The maximum atomic E-state index is 14.5. The molecule has 1 aliphatic rings. The summed E-state index contributed by atoms with van der Waals surface area (Å²) in [6.45, 7) is 0. The average Bonchev–Trinajstić information content (AvgIpc) is 3.43. The molecule has 29 heavy (non-hydrogen) atoms. The van der Waals surface area contributed by atoms with E-state index in [0.29, 0.717) is 11.1 Å². The summed E-state index contributed by atoms with van der Waals surface area (Å²) in [5.74, 6) is -1.52. The Morgan fingerprint density at radius 2 is 1.79 bits per heavy atom. The summed E-state index contributed by atoms with van der Waals surface area (Å²) in [4.78, 5) is 8.83. The Labute approximate surface area is 163 Å². The van der Waals surface area contributed by atoms with Gasteiger partial charge in [0.05, 0.1) is 16.8 Å². The van der Waals surface area contributed by atoms with Crippen LogP contribution in [0.15, 0.2) is 42.5 Å². The summed E-state index contributed by atoms with van der Waals surface area (Å²) in [5.41, 5.74) is 7.16. The largest absolute Gasteiger partial charge is 0.383 e. The standard InChI is InChI=1S/C20H15F3N6/c21-10-2-1-3-13(8-10)29-18(24)16-17(14-7-4-11(22)9-15(14)23)26-20(25-12-5-6-12)27-19(16)28-29/h1-4,7-9,12H,5-6,24H2,(H,25,27,28). The van der Waals surface area contributed by atoms with Crippen LogP contribution in [-0.2, 0) is 0 Å². The van der Waals surface area contributed by atoms with Crippen molar-refractivity contribution in [2.24, 2.45) is 0 Å². The van der Waals surface area contributed by atoms with Gasteiger partial charge >= 0.3 is 0 Å². The molecule has 3 N–H and O–H groups in total. The van der Waals surface area contributed by atoms with Crippen LogP contribution >= 0.6 is 0 Å². The van der Waals surface area contributed by atoms with Crippen molar-refractivity contribution in [3.8, 4) is 16.9 Å². The van der Waals surface area contributed by atoms with E-state index in [0.717, 1.165) is 25.0 Å². The highest BCUT2D eigenvalue weighted by atomic mass is 19.1. The highest BCUT2D eigenvalue weighted by molar-refractivity contribution is 5.99. The number of nitrogen functional groups attached to an aromatic ring is 1. The molecular weight excluding hydrogens is 381 g/mol. The number of nitrogens with zero attached hydrogens (tertiary/aromatic N) is 4. The second-order valence-electron chi connectivity index (χ2n) is 6.91. The van der Waals surface area contributed by atoms with Gasteiger partial charge in [-0.05, 0) is 43.2 Å². The molecule has 2 aromatic carbocycles. The lowest BCUT2D eigenvalue weighted by atomic mass is 10.1. The van der Waals surface area contributed by atoms with E-state index in [2.05, 4.69) is 20.4 Å². The molecule has 0 atom stereocenters. The van der Waals surface area contributed by atoms with Crippen molar-refractivity contribution in [2.75, 3.05) is 11.1 Å². The fourth-order valence-electron chi connectivity index (χ4n) is 3.17. The quantitative estimate of drug-likeness (QED) is 0.544.